The first-order chi connectivity index (χ1) is 14.0. The highest BCUT2D eigenvalue weighted by atomic mass is 19.4. The standard InChI is InChI=1S/C21H17F6NO2/c1-29-15-8-9-16-17(11-15)19(30-2,21(25,26)27)12-28-18(16)10-5-13-3-6-14(7-4-13)20(22,23)24/h3-11H,12H2,1-2H3/b10-5+. The molecule has 0 fully saturated rings. The molecule has 0 saturated heterocycles. The van der Waals surface area contributed by atoms with Gasteiger partial charge in [-0.25, -0.2) is 0 Å². The molecule has 1 atom stereocenters. The van der Waals surface area contributed by atoms with Gasteiger partial charge in [-0.05, 0) is 42.0 Å². The molecule has 1 unspecified atom stereocenters. The molecule has 1 aliphatic rings. The van der Waals surface area contributed by atoms with Gasteiger partial charge < -0.3 is 9.47 Å². The van der Waals surface area contributed by atoms with Gasteiger partial charge in [-0.1, -0.05) is 18.2 Å². The lowest BCUT2D eigenvalue weighted by Crippen LogP contribution is -2.49. The summed E-state index contributed by atoms with van der Waals surface area (Å²) in [6, 6.07) is 8.61. The van der Waals surface area contributed by atoms with Crippen LogP contribution in [0.2, 0.25) is 0 Å². The molecule has 2 aromatic rings. The van der Waals surface area contributed by atoms with Gasteiger partial charge in [0.15, 0.2) is 0 Å². The average molecular weight is 429 g/mol. The minimum atomic E-state index is -4.73. The second-order valence-corrected chi connectivity index (χ2v) is 6.59. The molecule has 0 spiro atoms. The van der Waals surface area contributed by atoms with Crippen molar-refractivity contribution in [1.29, 1.82) is 0 Å². The van der Waals surface area contributed by atoms with Crippen LogP contribution in [0.25, 0.3) is 6.08 Å². The molecule has 0 amide bonds. The van der Waals surface area contributed by atoms with Crippen LogP contribution in [-0.4, -0.2) is 32.7 Å². The molecule has 0 saturated carbocycles. The second kappa shape index (κ2) is 7.79. The van der Waals surface area contributed by atoms with Crippen molar-refractivity contribution in [2.45, 2.75) is 18.0 Å². The maximum absolute atomic E-state index is 13.9. The molecule has 3 rings (SSSR count). The number of nitrogens with zero attached hydrogens (tertiary/aromatic N) is 1. The van der Waals surface area contributed by atoms with E-state index in [-0.39, 0.29) is 22.6 Å². The largest absolute Gasteiger partial charge is 0.497 e. The quantitative estimate of drug-likeness (QED) is 0.590. The van der Waals surface area contributed by atoms with Gasteiger partial charge in [-0.15, -0.1) is 0 Å². The van der Waals surface area contributed by atoms with Crippen molar-refractivity contribution in [1.82, 2.24) is 0 Å². The van der Waals surface area contributed by atoms with Crippen LogP contribution in [0.1, 0.15) is 22.3 Å². The summed E-state index contributed by atoms with van der Waals surface area (Å²) >= 11 is 0. The summed E-state index contributed by atoms with van der Waals surface area (Å²) in [5, 5.41) is 0. The van der Waals surface area contributed by atoms with Crippen molar-refractivity contribution in [3.8, 4) is 5.75 Å². The number of hydrogen-bond acceptors (Lipinski definition) is 3. The first-order valence-electron chi connectivity index (χ1n) is 8.72. The number of fused-ring (bicyclic) bond motifs is 1. The highest BCUT2D eigenvalue weighted by Gasteiger charge is 2.59. The highest BCUT2D eigenvalue weighted by molar-refractivity contribution is 6.12. The Morgan fingerprint density at radius 3 is 2.13 bits per heavy atom. The molecule has 9 heteroatoms. The van der Waals surface area contributed by atoms with Gasteiger partial charge in [0.1, 0.15) is 5.75 Å². The summed E-state index contributed by atoms with van der Waals surface area (Å²) in [7, 11) is 2.31. The van der Waals surface area contributed by atoms with E-state index < -0.39 is 30.1 Å². The van der Waals surface area contributed by atoms with Crippen LogP contribution in [0.15, 0.2) is 53.5 Å². The van der Waals surface area contributed by atoms with Crippen LogP contribution in [0.3, 0.4) is 0 Å². The number of allylic oxidation sites excluding steroid dienone is 1. The summed E-state index contributed by atoms with van der Waals surface area (Å²) in [6.07, 6.45) is -6.23. The molecule has 0 radical (unpaired) electrons. The molecular formula is C21H17F6NO2. The van der Waals surface area contributed by atoms with Gasteiger partial charge >= 0.3 is 12.4 Å². The number of rotatable bonds is 4. The fraction of sp³-hybridized carbons (Fsp3) is 0.286. The number of alkyl halides is 6. The molecule has 2 aromatic carbocycles. The molecular weight excluding hydrogens is 412 g/mol. The van der Waals surface area contributed by atoms with Gasteiger partial charge in [-0.2, -0.15) is 26.3 Å². The van der Waals surface area contributed by atoms with E-state index in [1.807, 2.05) is 0 Å². The van der Waals surface area contributed by atoms with E-state index in [9.17, 15) is 26.3 Å². The number of benzene rings is 2. The third-order valence-electron chi connectivity index (χ3n) is 4.89. The first kappa shape index (κ1) is 21.9. The zero-order valence-electron chi connectivity index (χ0n) is 15.9. The Bertz CT molecular complexity index is 976. The number of hydrogen-bond donors (Lipinski definition) is 0. The Labute approximate surface area is 168 Å². The van der Waals surface area contributed by atoms with Gasteiger partial charge in [0.2, 0.25) is 5.60 Å². The summed E-state index contributed by atoms with van der Waals surface area (Å²) < 4.78 is 89.6. The number of aliphatic imine (C=N–C) groups is 1. The fourth-order valence-electron chi connectivity index (χ4n) is 3.21. The predicted octanol–water partition coefficient (Wildman–Crippen LogP) is 5.63. The number of ether oxygens (including phenoxy) is 2. The lowest BCUT2D eigenvalue weighted by molar-refractivity contribution is -0.272. The lowest BCUT2D eigenvalue weighted by Gasteiger charge is -2.37. The minimum Gasteiger partial charge on any atom is -0.497 e. The Morgan fingerprint density at radius 1 is 0.933 bits per heavy atom. The smallest absolute Gasteiger partial charge is 0.423 e. The molecule has 160 valence electrons. The van der Waals surface area contributed by atoms with Crippen LogP contribution in [-0.2, 0) is 16.5 Å². The molecule has 0 aromatic heterocycles. The van der Waals surface area contributed by atoms with Gasteiger partial charge in [0.05, 0.1) is 24.9 Å². The molecule has 1 aliphatic heterocycles. The van der Waals surface area contributed by atoms with Crippen LogP contribution < -0.4 is 4.74 Å². The SMILES string of the molecule is COc1ccc2c(c1)C(OC)(C(F)(F)F)CN=C2/C=C/c1ccc(C(F)(F)F)cc1. The van der Waals surface area contributed by atoms with Crippen LogP contribution in [0.5, 0.6) is 5.75 Å². The van der Waals surface area contributed by atoms with Crippen molar-refractivity contribution in [2.75, 3.05) is 20.8 Å². The summed E-state index contributed by atoms with van der Waals surface area (Å²) in [6.45, 7) is -0.695. The van der Waals surface area contributed by atoms with Crippen LogP contribution in [0.4, 0.5) is 26.3 Å². The molecule has 0 aliphatic carbocycles. The van der Waals surface area contributed by atoms with E-state index in [1.54, 1.807) is 0 Å². The Hall–Kier alpha value is -2.81. The maximum Gasteiger partial charge on any atom is 0.423 e. The first-order valence-corrected chi connectivity index (χ1v) is 8.72. The van der Waals surface area contributed by atoms with Crippen molar-refractivity contribution >= 4 is 11.8 Å². The fourth-order valence-corrected chi connectivity index (χ4v) is 3.21. The summed E-state index contributed by atoms with van der Waals surface area (Å²) in [4.78, 5) is 4.05. The van der Waals surface area contributed by atoms with Crippen molar-refractivity contribution in [3.63, 3.8) is 0 Å². The van der Waals surface area contributed by atoms with Crippen molar-refractivity contribution < 1.29 is 35.8 Å². The zero-order valence-corrected chi connectivity index (χ0v) is 15.9. The number of halogens is 6. The highest BCUT2D eigenvalue weighted by Crippen LogP contribution is 2.46. The van der Waals surface area contributed by atoms with Gasteiger partial charge in [0, 0.05) is 18.2 Å². The van der Waals surface area contributed by atoms with E-state index >= 15 is 0 Å². The average Bonchev–Trinajstić information content (AvgIpc) is 2.70. The van der Waals surface area contributed by atoms with E-state index in [0.717, 1.165) is 19.2 Å². The Morgan fingerprint density at radius 2 is 1.60 bits per heavy atom. The van der Waals surface area contributed by atoms with E-state index in [1.165, 1.54) is 49.6 Å². The van der Waals surface area contributed by atoms with E-state index in [4.69, 9.17) is 9.47 Å². The third-order valence-corrected chi connectivity index (χ3v) is 4.89. The second-order valence-electron chi connectivity index (χ2n) is 6.59. The third kappa shape index (κ3) is 3.94. The predicted molar refractivity (Wildman–Crippen MR) is 99.6 cm³/mol. The van der Waals surface area contributed by atoms with Crippen molar-refractivity contribution in [3.05, 3.63) is 70.8 Å². The Balaban J connectivity index is 2.00. The number of methoxy groups -OCH3 is 2. The molecule has 0 N–H and O–H groups in total. The van der Waals surface area contributed by atoms with Crippen LogP contribution >= 0.6 is 0 Å². The monoisotopic (exact) mass is 429 g/mol. The lowest BCUT2D eigenvalue weighted by atomic mass is 9.84. The zero-order chi connectivity index (χ0) is 22.2. The van der Waals surface area contributed by atoms with Gasteiger partial charge in [0.25, 0.3) is 0 Å². The van der Waals surface area contributed by atoms with Crippen molar-refractivity contribution in [2.24, 2.45) is 4.99 Å². The van der Waals surface area contributed by atoms with E-state index in [2.05, 4.69) is 4.99 Å². The Kier molecular flexibility index (Phi) is 5.68. The minimum absolute atomic E-state index is 0.140. The van der Waals surface area contributed by atoms with E-state index in [0.29, 0.717) is 5.56 Å². The van der Waals surface area contributed by atoms with Crippen LogP contribution in [0, 0.1) is 0 Å². The molecule has 1 heterocycles. The molecule has 0 bridgehead atoms. The summed E-state index contributed by atoms with van der Waals surface area (Å²) in [5.74, 6) is 0.229. The summed E-state index contributed by atoms with van der Waals surface area (Å²) in [5.41, 5.74) is -2.65. The molecule has 3 nitrogen and oxygen atoms in total. The molecule has 30 heavy (non-hydrogen) atoms. The normalized spacial score (nSPS) is 19.5. The van der Waals surface area contributed by atoms with Gasteiger partial charge in [-0.3, -0.25) is 4.99 Å². The topological polar surface area (TPSA) is 30.8 Å². The maximum atomic E-state index is 13.9.